The van der Waals surface area contributed by atoms with E-state index in [2.05, 4.69) is 12.2 Å². The Hall–Kier alpha value is -0.730. The summed E-state index contributed by atoms with van der Waals surface area (Å²) >= 11 is 0. The second-order valence-corrected chi connectivity index (χ2v) is 11.9. The van der Waals surface area contributed by atoms with E-state index in [0.29, 0.717) is 18.5 Å². The Morgan fingerprint density at radius 3 is 2.26 bits per heavy atom. The fraction of sp³-hybridized carbons (Fsp3) is 0.963. The standard InChI is InChI=1S/C27H48N2O5/c1-2-3-5-8-28-26(33)23-25(32)24(31)22(17-30)29(23)9-6-4-7-10-34-18-27-14-19-11-20(15-27)13-21(12-19)16-27/h19-25,30-32H,2-18H2,1H3,(H,28,33)/t19?,20?,21?,22-,23-,24-,25-,27?/m0/s1. The van der Waals surface area contributed by atoms with E-state index in [1.165, 1.54) is 38.5 Å². The zero-order valence-electron chi connectivity index (χ0n) is 21.2. The largest absolute Gasteiger partial charge is 0.395 e. The van der Waals surface area contributed by atoms with Crippen LogP contribution in [-0.2, 0) is 9.53 Å². The van der Waals surface area contributed by atoms with E-state index in [-0.39, 0.29) is 12.5 Å². The van der Waals surface area contributed by atoms with Crippen molar-refractivity contribution >= 4 is 5.91 Å². The van der Waals surface area contributed by atoms with Gasteiger partial charge in [-0.2, -0.15) is 0 Å². The number of rotatable bonds is 14. The highest BCUT2D eigenvalue weighted by Gasteiger charge is 2.51. The molecule has 196 valence electrons. The topological polar surface area (TPSA) is 102 Å². The van der Waals surface area contributed by atoms with Crippen molar-refractivity contribution < 1.29 is 24.9 Å². The van der Waals surface area contributed by atoms with Crippen LogP contribution in [0.1, 0.15) is 84.0 Å². The molecule has 1 aliphatic heterocycles. The van der Waals surface area contributed by atoms with E-state index in [1.807, 2.05) is 0 Å². The average Bonchev–Trinajstić information content (AvgIpc) is 3.04. The summed E-state index contributed by atoms with van der Waals surface area (Å²) in [6.45, 7) is 4.68. The van der Waals surface area contributed by atoms with Crippen molar-refractivity contribution in [3.8, 4) is 0 Å². The Morgan fingerprint density at radius 1 is 0.971 bits per heavy atom. The number of aliphatic hydroxyl groups is 3. The van der Waals surface area contributed by atoms with Gasteiger partial charge in [0.05, 0.1) is 25.4 Å². The maximum atomic E-state index is 12.7. The first-order valence-electron chi connectivity index (χ1n) is 14.0. The maximum absolute atomic E-state index is 12.7. The number of ether oxygens (including phenoxy) is 1. The highest BCUT2D eigenvalue weighted by molar-refractivity contribution is 5.83. The van der Waals surface area contributed by atoms with Gasteiger partial charge in [-0.05, 0) is 93.9 Å². The van der Waals surface area contributed by atoms with Crippen molar-refractivity contribution in [2.75, 3.05) is 32.9 Å². The molecule has 4 N–H and O–H groups in total. The molecule has 5 fully saturated rings. The monoisotopic (exact) mass is 480 g/mol. The third kappa shape index (κ3) is 5.97. The zero-order valence-corrected chi connectivity index (χ0v) is 21.2. The van der Waals surface area contributed by atoms with Gasteiger partial charge in [-0.25, -0.2) is 0 Å². The summed E-state index contributed by atoms with van der Waals surface area (Å²) in [7, 11) is 0. The minimum absolute atomic E-state index is 0.252. The fourth-order valence-corrected chi connectivity index (χ4v) is 7.96. The molecule has 0 spiro atoms. The van der Waals surface area contributed by atoms with Crippen LogP contribution in [0, 0.1) is 23.2 Å². The van der Waals surface area contributed by atoms with Crippen molar-refractivity contribution in [1.82, 2.24) is 10.2 Å². The van der Waals surface area contributed by atoms with Gasteiger partial charge < -0.3 is 25.4 Å². The predicted molar refractivity (Wildman–Crippen MR) is 131 cm³/mol. The summed E-state index contributed by atoms with van der Waals surface area (Å²) in [6.07, 6.45) is 12.0. The highest BCUT2D eigenvalue weighted by Crippen LogP contribution is 2.60. The molecule has 7 heteroatoms. The summed E-state index contributed by atoms with van der Waals surface area (Å²) in [5, 5.41) is 33.6. The number of aliphatic hydroxyl groups excluding tert-OH is 3. The van der Waals surface area contributed by atoms with Gasteiger partial charge >= 0.3 is 0 Å². The van der Waals surface area contributed by atoms with Crippen LogP contribution in [0.5, 0.6) is 0 Å². The minimum Gasteiger partial charge on any atom is -0.395 e. The van der Waals surface area contributed by atoms with E-state index in [4.69, 9.17) is 4.74 Å². The summed E-state index contributed by atoms with van der Waals surface area (Å²) in [6, 6.07) is -1.41. The summed E-state index contributed by atoms with van der Waals surface area (Å²) in [4.78, 5) is 14.6. The molecule has 0 unspecified atom stereocenters. The quantitative estimate of drug-likeness (QED) is 0.285. The first kappa shape index (κ1) is 26.3. The lowest BCUT2D eigenvalue weighted by molar-refractivity contribution is -0.129. The maximum Gasteiger partial charge on any atom is 0.240 e. The van der Waals surface area contributed by atoms with Crippen LogP contribution >= 0.6 is 0 Å². The molecule has 0 aromatic rings. The van der Waals surface area contributed by atoms with E-state index in [0.717, 1.165) is 69.5 Å². The van der Waals surface area contributed by atoms with E-state index >= 15 is 0 Å². The molecule has 5 rings (SSSR count). The van der Waals surface area contributed by atoms with Crippen LogP contribution in [0.15, 0.2) is 0 Å². The number of carbonyl (C=O) groups excluding carboxylic acids is 1. The van der Waals surface area contributed by atoms with Gasteiger partial charge in [0.15, 0.2) is 0 Å². The lowest BCUT2D eigenvalue weighted by Gasteiger charge is -2.56. The van der Waals surface area contributed by atoms with E-state index < -0.39 is 24.3 Å². The molecule has 34 heavy (non-hydrogen) atoms. The number of hydrogen-bond donors (Lipinski definition) is 4. The second-order valence-electron chi connectivity index (χ2n) is 11.9. The van der Waals surface area contributed by atoms with Crippen molar-refractivity contribution in [1.29, 1.82) is 0 Å². The predicted octanol–water partition coefficient (Wildman–Crippen LogP) is 2.46. The number of hydrogen-bond acceptors (Lipinski definition) is 6. The smallest absolute Gasteiger partial charge is 0.240 e. The van der Waals surface area contributed by atoms with E-state index in [1.54, 1.807) is 4.90 Å². The molecule has 0 aromatic carbocycles. The Balaban J connectivity index is 1.17. The number of amides is 1. The van der Waals surface area contributed by atoms with Gasteiger partial charge in [-0.15, -0.1) is 0 Å². The molecule has 1 saturated heterocycles. The number of carbonyl (C=O) groups is 1. The van der Waals surface area contributed by atoms with E-state index in [9.17, 15) is 20.1 Å². The third-order valence-corrected chi connectivity index (χ3v) is 9.16. The normalized spacial score (nSPS) is 39.1. The Kier molecular flexibility index (Phi) is 9.30. The zero-order chi connectivity index (χ0) is 24.1. The van der Waals surface area contributed by atoms with Gasteiger partial charge in [-0.3, -0.25) is 9.69 Å². The Bertz CT molecular complexity index is 624. The Labute approximate surface area is 205 Å². The fourth-order valence-electron chi connectivity index (χ4n) is 7.96. The molecular weight excluding hydrogens is 432 g/mol. The van der Waals surface area contributed by atoms with Gasteiger partial charge in [0.2, 0.25) is 5.91 Å². The third-order valence-electron chi connectivity index (χ3n) is 9.16. The van der Waals surface area contributed by atoms with Gasteiger partial charge in [-0.1, -0.05) is 19.8 Å². The first-order chi connectivity index (χ1) is 16.5. The SMILES string of the molecule is CCCCCNC(=O)[C@@H]1[C@H](O)[C@@H](O)[C@H](CO)N1CCCCCOCC12CC3CC(CC(C3)C1)C2. The molecule has 4 bridgehead atoms. The van der Waals surface area contributed by atoms with Crippen LogP contribution in [0.4, 0.5) is 0 Å². The first-order valence-corrected chi connectivity index (χ1v) is 14.0. The second kappa shape index (κ2) is 12.0. The van der Waals surface area contributed by atoms with Crippen LogP contribution in [-0.4, -0.2) is 83.3 Å². The minimum atomic E-state index is -1.17. The summed E-state index contributed by atoms with van der Waals surface area (Å²) in [5.41, 5.74) is 0.461. The molecule has 4 aliphatic carbocycles. The van der Waals surface area contributed by atoms with Crippen molar-refractivity contribution in [3.63, 3.8) is 0 Å². The number of likely N-dealkylation sites (tertiary alicyclic amines) is 1. The number of unbranched alkanes of at least 4 members (excludes halogenated alkanes) is 4. The molecule has 1 amide bonds. The molecular formula is C27H48N2O5. The van der Waals surface area contributed by atoms with Gasteiger partial charge in [0.1, 0.15) is 12.1 Å². The molecule has 4 atom stereocenters. The summed E-state index contributed by atoms with van der Waals surface area (Å²) in [5.74, 6) is 2.62. The van der Waals surface area contributed by atoms with Crippen LogP contribution in [0.25, 0.3) is 0 Å². The van der Waals surface area contributed by atoms with Crippen molar-refractivity contribution in [2.24, 2.45) is 23.2 Å². The molecule has 7 nitrogen and oxygen atoms in total. The molecule has 5 aliphatic rings. The number of nitrogens with one attached hydrogen (secondary N) is 1. The molecule has 4 saturated carbocycles. The van der Waals surface area contributed by atoms with Crippen LogP contribution in [0.2, 0.25) is 0 Å². The lowest BCUT2D eigenvalue weighted by Crippen LogP contribution is -2.50. The molecule has 1 heterocycles. The number of nitrogens with zero attached hydrogens (tertiary/aromatic N) is 1. The van der Waals surface area contributed by atoms with Crippen molar-refractivity contribution in [2.45, 2.75) is 108 Å². The highest BCUT2D eigenvalue weighted by atomic mass is 16.5. The molecule has 0 aromatic heterocycles. The summed E-state index contributed by atoms with van der Waals surface area (Å²) < 4.78 is 6.19. The van der Waals surface area contributed by atoms with Gasteiger partial charge in [0.25, 0.3) is 0 Å². The molecule has 0 radical (unpaired) electrons. The average molecular weight is 481 g/mol. The lowest BCUT2D eigenvalue weighted by atomic mass is 9.50. The van der Waals surface area contributed by atoms with Crippen LogP contribution < -0.4 is 5.32 Å². The van der Waals surface area contributed by atoms with Crippen molar-refractivity contribution in [3.05, 3.63) is 0 Å². The van der Waals surface area contributed by atoms with Gasteiger partial charge in [0, 0.05) is 13.2 Å². The Morgan fingerprint density at radius 2 is 1.65 bits per heavy atom. The van der Waals surface area contributed by atoms with Crippen LogP contribution in [0.3, 0.4) is 0 Å².